The van der Waals surface area contributed by atoms with Crippen LogP contribution in [0.15, 0.2) is 0 Å². The van der Waals surface area contributed by atoms with Gasteiger partial charge in [0.1, 0.15) is 0 Å². The van der Waals surface area contributed by atoms with Gasteiger partial charge in [0.25, 0.3) is 0 Å². The summed E-state index contributed by atoms with van der Waals surface area (Å²) < 4.78 is 48.8. The Morgan fingerprint density at radius 3 is 2.08 bits per heavy atom. The van der Waals surface area contributed by atoms with E-state index in [0.29, 0.717) is 0 Å². The summed E-state index contributed by atoms with van der Waals surface area (Å²) in [6.07, 6.45) is -7.47. The summed E-state index contributed by atoms with van der Waals surface area (Å²) in [5.41, 5.74) is 4.64. The highest BCUT2D eigenvalue weighted by Crippen LogP contribution is 2.62. The van der Waals surface area contributed by atoms with Crippen LogP contribution < -0.4 is 5.73 Å². The molecule has 0 bridgehead atoms. The Morgan fingerprint density at radius 1 is 1.38 bits per heavy atom. The number of nitrogens with two attached hydrogens (primary N) is 1. The zero-order chi connectivity index (χ0) is 10.4. The minimum absolute atomic E-state index is 0.119. The van der Waals surface area contributed by atoms with E-state index in [-0.39, 0.29) is 12.5 Å². The van der Waals surface area contributed by atoms with Gasteiger partial charge in [0.05, 0.1) is 0 Å². The van der Waals surface area contributed by atoms with Crippen molar-refractivity contribution in [1.82, 2.24) is 0 Å². The van der Waals surface area contributed by atoms with E-state index in [1.807, 2.05) is 0 Å². The molecule has 1 rings (SSSR count). The van der Waals surface area contributed by atoms with Crippen LogP contribution in [0.4, 0.5) is 17.6 Å². The monoisotopic (exact) mass is 199 g/mol. The van der Waals surface area contributed by atoms with E-state index in [2.05, 4.69) is 0 Å². The first-order chi connectivity index (χ1) is 5.73. The number of alkyl halides is 4. The third-order valence-corrected chi connectivity index (χ3v) is 3.02. The molecule has 1 nitrogen and oxygen atoms in total. The van der Waals surface area contributed by atoms with Gasteiger partial charge < -0.3 is 5.73 Å². The molecule has 1 saturated carbocycles. The standard InChI is InChI=1S/C8H13F4N/c1-7(2)4(3-13)5(7)6(9)8(10,11)12/h4-6H,3,13H2,1-2H3/t4-,5+,6?/m1/s1. The molecule has 0 aliphatic heterocycles. The molecule has 0 radical (unpaired) electrons. The number of halogens is 4. The maximum atomic E-state index is 12.8. The average Bonchev–Trinajstić information content (AvgIpc) is 2.49. The summed E-state index contributed by atoms with van der Waals surface area (Å²) in [6, 6.07) is 0. The normalized spacial score (nSPS) is 34.4. The molecule has 1 unspecified atom stereocenters. The quantitative estimate of drug-likeness (QED) is 0.677. The predicted molar refractivity (Wildman–Crippen MR) is 40.8 cm³/mol. The topological polar surface area (TPSA) is 26.0 Å². The average molecular weight is 199 g/mol. The highest BCUT2D eigenvalue weighted by molar-refractivity contribution is 5.09. The Kier molecular flexibility index (Phi) is 2.35. The lowest BCUT2D eigenvalue weighted by molar-refractivity contribution is -0.188. The molecule has 13 heavy (non-hydrogen) atoms. The van der Waals surface area contributed by atoms with Crippen LogP contribution >= 0.6 is 0 Å². The summed E-state index contributed by atoms with van der Waals surface area (Å²) in [6.45, 7) is 3.36. The molecule has 0 aromatic rings. The Hall–Kier alpha value is -0.320. The maximum absolute atomic E-state index is 12.8. The lowest BCUT2D eigenvalue weighted by Crippen LogP contribution is -2.28. The van der Waals surface area contributed by atoms with Gasteiger partial charge in [0.2, 0.25) is 0 Å². The molecular formula is C8H13F4N. The van der Waals surface area contributed by atoms with E-state index in [9.17, 15) is 17.6 Å². The second-order valence-electron chi connectivity index (χ2n) is 4.13. The first-order valence-corrected chi connectivity index (χ1v) is 4.13. The Bertz CT molecular complexity index is 199. The van der Waals surface area contributed by atoms with Gasteiger partial charge in [-0.05, 0) is 17.9 Å². The van der Waals surface area contributed by atoms with Crippen molar-refractivity contribution in [2.24, 2.45) is 23.0 Å². The molecule has 2 N–H and O–H groups in total. The van der Waals surface area contributed by atoms with E-state index >= 15 is 0 Å². The molecule has 3 atom stereocenters. The van der Waals surface area contributed by atoms with Crippen LogP contribution in [0.25, 0.3) is 0 Å². The van der Waals surface area contributed by atoms with Crippen LogP contribution in [-0.2, 0) is 0 Å². The zero-order valence-electron chi connectivity index (χ0n) is 7.53. The molecule has 0 aromatic heterocycles. The summed E-state index contributed by atoms with van der Waals surface area (Å²) >= 11 is 0. The van der Waals surface area contributed by atoms with Crippen molar-refractivity contribution in [1.29, 1.82) is 0 Å². The predicted octanol–water partition coefficient (Wildman–Crippen LogP) is 2.12. The van der Waals surface area contributed by atoms with Crippen molar-refractivity contribution in [3.63, 3.8) is 0 Å². The lowest BCUT2D eigenvalue weighted by Gasteiger charge is -2.13. The van der Waals surface area contributed by atoms with Gasteiger partial charge in [-0.25, -0.2) is 4.39 Å². The molecule has 1 aliphatic rings. The van der Waals surface area contributed by atoms with Crippen molar-refractivity contribution < 1.29 is 17.6 Å². The smallest absolute Gasteiger partial charge is 0.330 e. The minimum Gasteiger partial charge on any atom is -0.330 e. The molecule has 5 heteroatoms. The third kappa shape index (κ3) is 1.66. The van der Waals surface area contributed by atoms with Crippen LogP contribution in [0.3, 0.4) is 0 Å². The Balaban J connectivity index is 2.67. The fourth-order valence-electron chi connectivity index (χ4n) is 2.02. The van der Waals surface area contributed by atoms with Crippen LogP contribution in [0.2, 0.25) is 0 Å². The van der Waals surface area contributed by atoms with E-state index in [0.717, 1.165) is 0 Å². The molecule has 0 aromatic carbocycles. The number of rotatable bonds is 2. The molecular weight excluding hydrogens is 186 g/mol. The largest absolute Gasteiger partial charge is 0.419 e. The van der Waals surface area contributed by atoms with E-state index < -0.39 is 23.7 Å². The highest BCUT2D eigenvalue weighted by atomic mass is 19.4. The van der Waals surface area contributed by atoms with Crippen LogP contribution in [0.1, 0.15) is 13.8 Å². The van der Waals surface area contributed by atoms with Crippen LogP contribution in [0, 0.1) is 17.3 Å². The molecule has 0 saturated heterocycles. The summed E-state index contributed by atoms with van der Waals surface area (Å²) in [4.78, 5) is 0. The summed E-state index contributed by atoms with van der Waals surface area (Å²) in [5.74, 6) is -1.30. The summed E-state index contributed by atoms with van der Waals surface area (Å²) in [7, 11) is 0. The van der Waals surface area contributed by atoms with Crippen molar-refractivity contribution in [3.05, 3.63) is 0 Å². The number of hydrogen-bond acceptors (Lipinski definition) is 1. The van der Waals surface area contributed by atoms with E-state index in [1.54, 1.807) is 13.8 Å². The molecule has 0 amide bonds. The molecule has 0 spiro atoms. The van der Waals surface area contributed by atoms with E-state index in [1.165, 1.54) is 0 Å². The molecule has 1 aliphatic carbocycles. The third-order valence-electron chi connectivity index (χ3n) is 3.02. The van der Waals surface area contributed by atoms with Crippen molar-refractivity contribution in [2.45, 2.75) is 26.2 Å². The first-order valence-electron chi connectivity index (χ1n) is 4.13. The molecule has 1 fully saturated rings. The first kappa shape index (κ1) is 10.8. The zero-order valence-corrected chi connectivity index (χ0v) is 7.53. The van der Waals surface area contributed by atoms with Gasteiger partial charge in [-0.3, -0.25) is 0 Å². The lowest BCUT2D eigenvalue weighted by atomic mass is 10.1. The van der Waals surface area contributed by atoms with Crippen LogP contribution in [-0.4, -0.2) is 18.9 Å². The maximum Gasteiger partial charge on any atom is 0.419 e. The van der Waals surface area contributed by atoms with Gasteiger partial charge in [0, 0.05) is 5.92 Å². The minimum atomic E-state index is -4.74. The number of hydrogen-bond donors (Lipinski definition) is 1. The van der Waals surface area contributed by atoms with Crippen molar-refractivity contribution in [3.8, 4) is 0 Å². The molecule has 78 valence electrons. The fourth-order valence-corrected chi connectivity index (χ4v) is 2.02. The fraction of sp³-hybridized carbons (Fsp3) is 1.00. The van der Waals surface area contributed by atoms with Gasteiger partial charge in [-0.2, -0.15) is 13.2 Å². The Labute approximate surface area is 74.3 Å². The Morgan fingerprint density at radius 2 is 1.85 bits per heavy atom. The van der Waals surface area contributed by atoms with Gasteiger partial charge in [-0.15, -0.1) is 0 Å². The second-order valence-corrected chi connectivity index (χ2v) is 4.13. The van der Waals surface area contributed by atoms with Gasteiger partial charge in [-0.1, -0.05) is 13.8 Å². The summed E-state index contributed by atoms with van der Waals surface area (Å²) in [5, 5.41) is 0. The van der Waals surface area contributed by atoms with Crippen LogP contribution in [0.5, 0.6) is 0 Å². The van der Waals surface area contributed by atoms with Gasteiger partial charge >= 0.3 is 6.18 Å². The SMILES string of the molecule is CC1(C)[C@H](CN)[C@H]1C(F)C(F)(F)F. The second kappa shape index (κ2) is 2.83. The van der Waals surface area contributed by atoms with Crippen molar-refractivity contribution >= 4 is 0 Å². The van der Waals surface area contributed by atoms with E-state index in [4.69, 9.17) is 5.73 Å². The van der Waals surface area contributed by atoms with Gasteiger partial charge in [0.15, 0.2) is 6.17 Å². The van der Waals surface area contributed by atoms with Crippen molar-refractivity contribution in [2.75, 3.05) is 6.54 Å². The molecule has 0 heterocycles. The highest BCUT2D eigenvalue weighted by Gasteiger charge is 2.66.